The lowest BCUT2D eigenvalue weighted by Gasteiger charge is -2.20. The van der Waals surface area contributed by atoms with Gasteiger partial charge >= 0.3 is 5.97 Å². The molecule has 1 rings (SSSR count). The van der Waals surface area contributed by atoms with Gasteiger partial charge in [0.2, 0.25) is 0 Å². The van der Waals surface area contributed by atoms with E-state index in [0.717, 1.165) is 0 Å². The molecule has 1 unspecified atom stereocenters. The summed E-state index contributed by atoms with van der Waals surface area (Å²) in [7, 11) is 0. The monoisotopic (exact) mass is 292 g/mol. The van der Waals surface area contributed by atoms with Crippen LogP contribution in [0.25, 0.3) is 0 Å². The summed E-state index contributed by atoms with van der Waals surface area (Å²) < 4.78 is 5.34. The lowest BCUT2D eigenvalue weighted by molar-refractivity contribution is -0.145. The van der Waals surface area contributed by atoms with E-state index in [0.29, 0.717) is 11.3 Å². The van der Waals surface area contributed by atoms with Crippen molar-refractivity contribution in [2.45, 2.75) is 32.1 Å². The molecule has 0 saturated heterocycles. The highest BCUT2D eigenvalue weighted by atomic mass is 16.5. The van der Waals surface area contributed by atoms with Crippen LogP contribution in [0.15, 0.2) is 24.3 Å². The molecule has 0 spiro atoms. The van der Waals surface area contributed by atoms with Crippen LogP contribution in [0.1, 0.15) is 19.4 Å². The molecule has 0 aliphatic rings. The van der Waals surface area contributed by atoms with Crippen molar-refractivity contribution in [1.29, 1.82) is 5.26 Å². The molecule has 1 amide bonds. The molecule has 0 heterocycles. The first-order valence-corrected chi connectivity index (χ1v) is 6.23. The number of aliphatic hydroxyl groups excluding tert-OH is 1. The number of aliphatic hydroxyl groups is 1. The van der Waals surface area contributed by atoms with Crippen LogP contribution in [0.4, 0.5) is 0 Å². The zero-order valence-electron chi connectivity index (χ0n) is 11.6. The number of carboxylic acid groups (broad SMARTS) is 1. The Labute approximate surface area is 121 Å². The lowest BCUT2D eigenvalue weighted by atomic mass is 10.2. The molecule has 0 saturated carbocycles. The number of carbonyl (C=O) groups is 2. The molecule has 0 aromatic heterocycles. The molecule has 21 heavy (non-hydrogen) atoms. The third kappa shape index (κ3) is 4.78. The number of aliphatic carboxylic acids is 1. The van der Waals surface area contributed by atoms with E-state index in [2.05, 4.69) is 5.32 Å². The van der Waals surface area contributed by atoms with Gasteiger partial charge in [0.05, 0.1) is 17.7 Å². The molecule has 0 bridgehead atoms. The predicted molar refractivity (Wildman–Crippen MR) is 72.5 cm³/mol. The smallest absolute Gasteiger partial charge is 0.328 e. The maximum Gasteiger partial charge on any atom is 0.328 e. The van der Waals surface area contributed by atoms with Gasteiger partial charge in [0.25, 0.3) is 5.91 Å². The fourth-order valence-electron chi connectivity index (χ4n) is 1.52. The Morgan fingerprint density at radius 1 is 1.29 bits per heavy atom. The van der Waals surface area contributed by atoms with E-state index >= 15 is 0 Å². The van der Waals surface area contributed by atoms with Gasteiger partial charge in [-0.15, -0.1) is 0 Å². The number of ether oxygens (including phenoxy) is 1. The number of amides is 1. The zero-order valence-corrected chi connectivity index (χ0v) is 11.6. The summed E-state index contributed by atoms with van der Waals surface area (Å²) >= 11 is 0. The van der Waals surface area contributed by atoms with Crippen LogP contribution in [0.5, 0.6) is 5.75 Å². The fourth-order valence-corrected chi connectivity index (χ4v) is 1.52. The second-order valence-electron chi connectivity index (χ2n) is 4.46. The van der Waals surface area contributed by atoms with E-state index in [-0.39, 0.29) is 0 Å². The fraction of sp³-hybridized carbons (Fsp3) is 0.357. The molecule has 7 heteroatoms. The molecule has 0 fully saturated rings. The van der Waals surface area contributed by atoms with Gasteiger partial charge < -0.3 is 20.3 Å². The molecular formula is C14H16N2O5. The first kappa shape index (κ1) is 16.5. The van der Waals surface area contributed by atoms with Gasteiger partial charge in [0, 0.05) is 0 Å². The summed E-state index contributed by atoms with van der Waals surface area (Å²) in [6.45, 7) is 2.72. The summed E-state index contributed by atoms with van der Waals surface area (Å²) in [4.78, 5) is 22.7. The van der Waals surface area contributed by atoms with Gasteiger partial charge in [0.1, 0.15) is 5.75 Å². The van der Waals surface area contributed by atoms with Crippen molar-refractivity contribution in [3.8, 4) is 11.8 Å². The highest BCUT2D eigenvalue weighted by Crippen LogP contribution is 2.13. The molecule has 0 aliphatic heterocycles. The Hall–Kier alpha value is -2.59. The minimum absolute atomic E-state index is 0.376. The number of hydrogen-bond acceptors (Lipinski definition) is 5. The Morgan fingerprint density at radius 2 is 1.86 bits per heavy atom. The molecule has 112 valence electrons. The predicted octanol–water partition coefficient (Wildman–Crippen LogP) is 0.276. The first-order chi connectivity index (χ1) is 9.85. The first-order valence-electron chi connectivity index (χ1n) is 6.23. The van der Waals surface area contributed by atoms with Crippen LogP contribution < -0.4 is 10.1 Å². The van der Waals surface area contributed by atoms with Gasteiger partial charge in [-0.2, -0.15) is 5.26 Å². The molecule has 7 nitrogen and oxygen atoms in total. The highest BCUT2D eigenvalue weighted by Gasteiger charge is 2.27. The molecule has 3 atom stereocenters. The van der Waals surface area contributed by atoms with Crippen LogP contribution >= 0.6 is 0 Å². The van der Waals surface area contributed by atoms with Crippen LogP contribution in [0.3, 0.4) is 0 Å². The molecule has 1 aromatic rings. The van der Waals surface area contributed by atoms with Crippen molar-refractivity contribution >= 4 is 11.9 Å². The minimum Gasteiger partial charge on any atom is -0.481 e. The summed E-state index contributed by atoms with van der Waals surface area (Å²) in [5.74, 6) is -1.61. The van der Waals surface area contributed by atoms with Crippen LogP contribution in [0.2, 0.25) is 0 Å². The van der Waals surface area contributed by atoms with Crippen molar-refractivity contribution < 1.29 is 24.5 Å². The van der Waals surface area contributed by atoms with Crippen molar-refractivity contribution in [3.05, 3.63) is 29.8 Å². The summed E-state index contributed by atoms with van der Waals surface area (Å²) in [5, 5.41) is 29.0. The number of carboxylic acids is 1. The van der Waals surface area contributed by atoms with Gasteiger partial charge in [-0.05, 0) is 38.1 Å². The van der Waals surface area contributed by atoms with Crippen LogP contribution in [-0.4, -0.2) is 40.3 Å². The van der Waals surface area contributed by atoms with E-state index in [1.54, 1.807) is 0 Å². The van der Waals surface area contributed by atoms with Gasteiger partial charge in [0.15, 0.2) is 12.1 Å². The number of hydrogen-bond donors (Lipinski definition) is 3. The van der Waals surface area contributed by atoms with E-state index in [9.17, 15) is 14.7 Å². The van der Waals surface area contributed by atoms with E-state index in [1.807, 2.05) is 6.07 Å². The van der Waals surface area contributed by atoms with Crippen molar-refractivity contribution in [2.24, 2.45) is 0 Å². The maximum atomic E-state index is 11.8. The molecule has 0 radical (unpaired) electrons. The zero-order chi connectivity index (χ0) is 16.0. The number of nitrogens with one attached hydrogen (secondary N) is 1. The Bertz CT molecular complexity index is 547. The maximum absolute atomic E-state index is 11.8. The number of benzene rings is 1. The highest BCUT2D eigenvalue weighted by molar-refractivity contribution is 5.86. The Kier molecular flexibility index (Phi) is 5.69. The topological polar surface area (TPSA) is 120 Å². The third-order valence-electron chi connectivity index (χ3n) is 2.71. The molecule has 1 aromatic carbocycles. The van der Waals surface area contributed by atoms with Gasteiger partial charge in [-0.3, -0.25) is 4.79 Å². The van der Waals surface area contributed by atoms with Crippen molar-refractivity contribution in [1.82, 2.24) is 5.32 Å². The quantitative estimate of drug-likeness (QED) is 0.692. The Balaban J connectivity index is 2.65. The largest absolute Gasteiger partial charge is 0.481 e. The van der Waals surface area contributed by atoms with Crippen LogP contribution in [0, 0.1) is 11.3 Å². The SMILES string of the molecule is CC(Oc1ccc(C#N)cc1)C(=O)N[C@H](C(=O)O)[C@@H](C)O. The average molecular weight is 292 g/mol. The third-order valence-corrected chi connectivity index (χ3v) is 2.71. The van der Waals surface area contributed by atoms with E-state index in [1.165, 1.54) is 38.1 Å². The normalized spacial score (nSPS) is 14.4. The lowest BCUT2D eigenvalue weighted by Crippen LogP contribution is -2.51. The van der Waals surface area contributed by atoms with Gasteiger partial charge in [-0.25, -0.2) is 4.79 Å². The second kappa shape index (κ2) is 7.26. The molecular weight excluding hydrogens is 276 g/mol. The van der Waals surface area contributed by atoms with Crippen molar-refractivity contribution in [3.63, 3.8) is 0 Å². The average Bonchev–Trinajstić information content (AvgIpc) is 2.44. The summed E-state index contributed by atoms with van der Waals surface area (Å²) in [6.07, 6.45) is -2.17. The summed E-state index contributed by atoms with van der Waals surface area (Å²) in [5.41, 5.74) is 0.458. The Morgan fingerprint density at radius 3 is 2.29 bits per heavy atom. The van der Waals surface area contributed by atoms with E-state index in [4.69, 9.17) is 15.1 Å². The molecule has 0 aliphatic carbocycles. The number of nitriles is 1. The van der Waals surface area contributed by atoms with Gasteiger partial charge in [-0.1, -0.05) is 0 Å². The second-order valence-corrected chi connectivity index (χ2v) is 4.46. The number of rotatable bonds is 6. The summed E-state index contributed by atoms with van der Waals surface area (Å²) in [6, 6.07) is 6.70. The van der Waals surface area contributed by atoms with Crippen LogP contribution in [-0.2, 0) is 9.59 Å². The number of nitrogens with zero attached hydrogens (tertiary/aromatic N) is 1. The van der Waals surface area contributed by atoms with Crippen molar-refractivity contribution in [2.75, 3.05) is 0 Å². The minimum atomic E-state index is -1.40. The number of carbonyl (C=O) groups excluding carboxylic acids is 1. The van der Waals surface area contributed by atoms with E-state index < -0.39 is 30.1 Å². The molecule has 3 N–H and O–H groups in total. The standard InChI is InChI=1S/C14H16N2O5/c1-8(17)12(14(19)20)16-13(18)9(2)21-11-5-3-10(7-15)4-6-11/h3-6,8-9,12,17H,1-2H3,(H,16,18)(H,19,20)/t8-,9?,12+/m1/s1.